The molecule has 0 bridgehead atoms. The number of benzene rings is 1. The average Bonchev–Trinajstić information content (AvgIpc) is 2.50. The Morgan fingerprint density at radius 2 is 2.22 bits per heavy atom. The van der Waals surface area contributed by atoms with Gasteiger partial charge in [-0.3, -0.25) is 4.79 Å². The molecule has 1 fully saturated rings. The molecule has 6 heteroatoms. The van der Waals surface area contributed by atoms with Crippen LogP contribution in [0.4, 0.5) is 0 Å². The average molecular weight is 361 g/mol. The van der Waals surface area contributed by atoms with Crippen molar-refractivity contribution < 1.29 is 9.53 Å². The van der Waals surface area contributed by atoms with Crippen molar-refractivity contribution in [1.29, 1.82) is 0 Å². The van der Waals surface area contributed by atoms with Gasteiger partial charge in [0.1, 0.15) is 5.75 Å². The van der Waals surface area contributed by atoms with Gasteiger partial charge in [-0.05, 0) is 43.9 Å². The molecule has 0 saturated heterocycles. The summed E-state index contributed by atoms with van der Waals surface area (Å²) in [6, 6.07) is 7.53. The Kier molecular flexibility index (Phi) is 8.74. The Labute approximate surface area is 149 Å². The molecule has 130 valence electrons. The Balaban J connectivity index is 0.00000264. The first-order chi connectivity index (χ1) is 10.6. The quantitative estimate of drug-likeness (QED) is 0.789. The summed E-state index contributed by atoms with van der Waals surface area (Å²) in [6.07, 6.45) is 4.69. The summed E-state index contributed by atoms with van der Waals surface area (Å²) in [5, 5.41) is 0.665. The highest BCUT2D eigenvalue weighted by Crippen LogP contribution is 2.24. The standard InChI is InChI=1S/C17H25ClN2O2.ClH/c1-20(17(21)13-5-2-7-15(19)11-13)9-4-10-22-16-8-3-6-14(18)12-16;/h3,6,8,12-13,15H,2,4-5,7,9-11,19H2,1H3;1H. The highest BCUT2D eigenvalue weighted by Gasteiger charge is 2.27. The van der Waals surface area contributed by atoms with Crippen LogP contribution in [0.2, 0.25) is 5.02 Å². The van der Waals surface area contributed by atoms with Crippen molar-refractivity contribution in [1.82, 2.24) is 4.90 Å². The molecule has 0 spiro atoms. The predicted molar refractivity (Wildman–Crippen MR) is 96.4 cm³/mol. The summed E-state index contributed by atoms with van der Waals surface area (Å²) in [5.41, 5.74) is 5.96. The third-order valence-corrected chi connectivity index (χ3v) is 4.38. The van der Waals surface area contributed by atoms with E-state index < -0.39 is 0 Å². The van der Waals surface area contributed by atoms with Crippen molar-refractivity contribution in [2.75, 3.05) is 20.2 Å². The second-order valence-electron chi connectivity index (χ2n) is 6.04. The molecule has 0 aromatic heterocycles. The van der Waals surface area contributed by atoms with Gasteiger partial charge in [0.2, 0.25) is 5.91 Å². The Hall–Kier alpha value is -0.970. The lowest BCUT2D eigenvalue weighted by Crippen LogP contribution is -2.39. The number of rotatable bonds is 6. The zero-order valence-corrected chi connectivity index (χ0v) is 15.1. The molecule has 1 saturated carbocycles. The lowest BCUT2D eigenvalue weighted by atomic mass is 9.85. The maximum atomic E-state index is 12.4. The van der Waals surface area contributed by atoms with Crippen molar-refractivity contribution in [2.45, 2.75) is 38.1 Å². The lowest BCUT2D eigenvalue weighted by Gasteiger charge is -2.29. The maximum Gasteiger partial charge on any atom is 0.225 e. The Morgan fingerprint density at radius 3 is 2.91 bits per heavy atom. The molecule has 0 heterocycles. The number of carbonyl (C=O) groups is 1. The van der Waals surface area contributed by atoms with Crippen LogP contribution in [-0.4, -0.2) is 37.0 Å². The van der Waals surface area contributed by atoms with Crippen molar-refractivity contribution >= 4 is 29.9 Å². The van der Waals surface area contributed by atoms with Gasteiger partial charge in [-0.1, -0.05) is 24.1 Å². The van der Waals surface area contributed by atoms with Gasteiger partial charge in [0, 0.05) is 30.6 Å². The molecule has 1 aromatic rings. The first-order valence-electron chi connectivity index (χ1n) is 7.95. The zero-order chi connectivity index (χ0) is 15.9. The zero-order valence-electron chi connectivity index (χ0n) is 13.5. The van der Waals surface area contributed by atoms with Crippen LogP contribution in [0.3, 0.4) is 0 Å². The monoisotopic (exact) mass is 360 g/mol. The van der Waals surface area contributed by atoms with Gasteiger partial charge in [0.25, 0.3) is 0 Å². The fraction of sp³-hybridized carbons (Fsp3) is 0.588. The van der Waals surface area contributed by atoms with Crippen LogP contribution in [-0.2, 0) is 4.79 Å². The van der Waals surface area contributed by atoms with Crippen LogP contribution in [0, 0.1) is 5.92 Å². The molecule has 0 radical (unpaired) electrons. The summed E-state index contributed by atoms with van der Waals surface area (Å²) in [6.45, 7) is 1.27. The van der Waals surface area contributed by atoms with Crippen molar-refractivity contribution in [3.63, 3.8) is 0 Å². The molecule has 1 aliphatic carbocycles. The third kappa shape index (κ3) is 6.58. The van der Waals surface area contributed by atoms with E-state index in [1.807, 2.05) is 30.1 Å². The minimum absolute atomic E-state index is 0. The minimum Gasteiger partial charge on any atom is -0.493 e. The van der Waals surface area contributed by atoms with Gasteiger partial charge in [0.05, 0.1) is 6.61 Å². The van der Waals surface area contributed by atoms with Crippen LogP contribution in [0.15, 0.2) is 24.3 Å². The number of hydrogen-bond donors (Lipinski definition) is 1. The fourth-order valence-electron chi connectivity index (χ4n) is 2.92. The van der Waals surface area contributed by atoms with Gasteiger partial charge < -0.3 is 15.4 Å². The lowest BCUT2D eigenvalue weighted by molar-refractivity contribution is -0.135. The van der Waals surface area contributed by atoms with E-state index in [1.54, 1.807) is 6.07 Å². The molecule has 1 aliphatic rings. The number of ether oxygens (including phenoxy) is 1. The Bertz CT molecular complexity index is 499. The van der Waals surface area contributed by atoms with Gasteiger partial charge in [-0.25, -0.2) is 0 Å². The number of halogens is 2. The molecule has 1 aromatic carbocycles. The molecule has 2 N–H and O–H groups in total. The normalized spacial score (nSPS) is 20.5. The third-order valence-electron chi connectivity index (χ3n) is 4.14. The topological polar surface area (TPSA) is 55.6 Å². The van der Waals surface area contributed by atoms with E-state index in [9.17, 15) is 4.79 Å². The Morgan fingerprint density at radius 1 is 1.43 bits per heavy atom. The summed E-state index contributed by atoms with van der Waals surface area (Å²) in [5.74, 6) is 1.08. The number of amides is 1. The maximum absolute atomic E-state index is 12.4. The van der Waals surface area contributed by atoms with E-state index >= 15 is 0 Å². The largest absolute Gasteiger partial charge is 0.493 e. The molecule has 2 rings (SSSR count). The summed E-state index contributed by atoms with van der Waals surface area (Å²) < 4.78 is 5.64. The highest BCUT2D eigenvalue weighted by atomic mass is 35.5. The van der Waals surface area contributed by atoms with E-state index in [-0.39, 0.29) is 30.3 Å². The van der Waals surface area contributed by atoms with Gasteiger partial charge in [-0.2, -0.15) is 0 Å². The smallest absolute Gasteiger partial charge is 0.225 e. The first-order valence-corrected chi connectivity index (χ1v) is 8.33. The van der Waals surface area contributed by atoms with E-state index in [0.717, 1.165) is 37.9 Å². The van der Waals surface area contributed by atoms with Crippen LogP contribution >= 0.6 is 24.0 Å². The molecule has 23 heavy (non-hydrogen) atoms. The van der Waals surface area contributed by atoms with Gasteiger partial charge >= 0.3 is 0 Å². The van der Waals surface area contributed by atoms with Crippen LogP contribution in [0.5, 0.6) is 5.75 Å². The molecule has 0 aliphatic heterocycles. The van der Waals surface area contributed by atoms with Crippen LogP contribution in [0.25, 0.3) is 0 Å². The second kappa shape index (κ2) is 10.0. The number of carbonyl (C=O) groups excluding carboxylic acids is 1. The number of nitrogens with zero attached hydrogens (tertiary/aromatic N) is 1. The van der Waals surface area contributed by atoms with Crippen molar-refractivity contribution in [3.05, 3.63) is 29.3 Å². The van der Waals surface area contributed by atoms with Crippen molar-refractivity contribution in [2.24, 2.45) is 11.7 Å². The summed E-state index contributed by atoms with van der Waals surface area (Å²) in [7, 11) is 1.86. The second-order valence-corrected chi connectivity index (χ2v) is 6.48. The predicted octanol–water partition coefficient (Wildman–Crippen LogP) is 3.51. The van der Waals surface area contributed by atoms with Crippen molar-refractivity contribution in [3.8, 4) is 5.75 Å². The number of hydrogen-bond acceptors (Lipinski definition) is 3. The fourth-order valence-corrected chi connectivity index (χ4v) is 3.10. The molecule has 2 atom stereocenters. The van der Waals surface area contributed by atoms with Crippen LogP contribution in [0.1, 0.15) is 32.1 Å². The summed E-state index contributed by atoms with van der Waals surface area (Å²) in [4.78, 5) is 14.2. The van der Waals surface area contributed by atoms with E-state index in [4.69, 9.17) is 22.1 Å². The minimum atomic E-state index is 0. The van der Waals surface area contributed by atoms with Gasteiger partial charge in [0.15, 0.2) is 0 Å². The molecule has 1 amide bonds. The molecular formula is C17H26Cl2N2O2. The SMILES string of the molecule is CN(CCCOc1cccc(Cl)c1)C(=O)C1CCCC(N)C1.Cl. The van der Waals surface area contributed by atoms with Crippen LogP contribution < -0.4 is 10.5 Å². The van der Waals surface area contributed by atoms with E-state index in [0.29, 0.717) is 18.2 Å². The molecule has 4 nitrogen and oxygen atoms in total. The van der Waals surface area contributed by atoms with E-state index in [2.05, 4.69) is 0 Å². The van der Waals surface area contributed by atoms with Gasteiger partial charge in [-0.15, -0.1) is 12.4 Å². The number of nitrogens with two attached hydrogens (primary N) is 1. The first kappa shape index (κ1) is 20.1. The van der Waals surface area contributed by atoms with E-state index in [1.165, 1.54) is 0 Å². The highest BCUT2D eigenvalue weighted by molar-refractivity contribution is 6.30. The molecule has 2 unspecified atom stereocenters. The summed E-state index contributed by atoms with van der Waals surface area (Å²) >= 11 is 5.90. The molecular weight excluding hydrogens is 335 g/mol.